The van der Waals surface area contributed by atoms with Crippen molar-refractivity contribution in [1.29, 1.82) is 0 Å². The molecular formula is C11H15ClN2O3S. The van der Waals surface area contributed by atoms with Gasteiger partial charge in [-0.1, -0.05) is 11.6 Å². The molecule has 0 aliphatic heterocycles. The largest absolute Gasteiger partial charge is 0.352 e. The van der Waals surface area contributed by atoms with Crippen molar-refractivity contribution in [3.8, 4) is 0 Å². The van der Waals surface area contributed by atoms with Crippen LogP contribution >= 0.6 is 11.6 Å². The van der Waals surface area contributed by atoms with Gasteiger partial charge in [-0.15, -0.1) is 0 Å². The lowest BCUT2D eigenvalue weighted by atomic mass is 10.2. The second-order valence-corrected chi connectivity index (χ2v) is 6.32. The number of hydrogen-bond donors (Lipinski definition) is 1. The van der Waals surface area contributed by atoms with E-state index in [1.807, 2.05) is 0 Å². The molecule has 1 amide bonds. The molecule has 0 aromatic heterocycles. The Labute approximate surface area is 112 Å². The number of nitrogens with one attached hydrogen (secondary N) is 1. The lowest BCUT2D eigenvalue weighted by Crippen LogP contribution is -2.25. The number of carbonyl (C=O) groups excluding carboxylic acids is 1. The van der Waals surface area contributed by atoms with Crippen LogP contribution in [0.2, 0.25) is 5.02 Å². The van der Waals surface area contributed by atoms with E-state index in [0.29, 0.717) is 6.54 Å². The molecule has 0 bridgehead atoms. The van der Waals surface area contributed by atoms with E-state index in [1.165, 1.54) is 32.3 Å². The Morgan fingerprint density at radius 1 is 1.39 bits per heavy atom. The molecule has 0 spiro atoms. The van der Waals surface area contributed by atoms with E-state index in [1.54, 1.807) is 6.92 Å². The molecule has 1 N–H and O–H groups in total. The summed E-state index contributed by atoms with van der Waals surface area (Å²) in [5, 5.41) is 2.69. The minimum absolute atomic E-state index is 0.0714. The second-order valence-electron chi connectivity index (χ2n) is 3.79. The SMILES string of the molecule is CCNC(=O)c1ccc(Cl)c(S(=O)(=O)N(C)C)c1. The average Bonchev–Trinajstić information content (AvgIpc) is 2.29. The van der Waals surface area contributed by atoms with E-state index in [0.717, 1.165) is 4.31 Å². The van der Waals surface area contributed by atoms with E-state index in [2.05, 4.69) is 5.32 Å². The highest BCUT2D eigenvalue weighted by Crippen LogP contribution is 2.24. The van der Waals surface area contributed by atoms with Gasteiger partial charge in [0.15, 0.2) is 0 Å². The predicted molar refractivity (Wildman–Crippen MR) is 70.3 cm³/mol. The molecule has 1 aromatic rings. The van der Waals surface area contributed by atoms with Gasteiger partial charge < -0.3 is 5.32 Å². The molecule has 0 aliphatic carbocycles. The molecule has 7 heteroatoms. The third kappa shape index (κ3) is 3.01. The molecule has 0 heterocycles. The molecule has 1 aromatic carbocycles. The molecular weight excluding hydrogens is 276 g/mol. The van der Waals surface area contributed by atoms with E-state index < -0.39 is 10.0 Å². The van der Waals surface area contributed by atoms with Crippen LogP contribution in [0.5, 0.6) is 0 Å². The van der Waals surface area contributed by atoms with Crippen molar-refractivity contribution in [2.24, 2.45) is 0 Å². The minimum atomic E-state index is -3.66. The Morgan fingerprint density at radius 3 is 2.50 bits per heavy atom. The van der Waals surface area contributed by atoms with Gasteiger partial charge in [-0.2, -0.15) is 0 Å². The Hall–Kier alpha value is -1.11. The lowest BCUT2D eigenvalue weighted by molar-refractivity contribution is 0.0955. The van der Waals surface area contributed by atoms with E-state index in [-0.39, 0.29) is 21.4 Å². The summed E-state index contributed by atoms with van der Waals surface area (Å²) < 4.78 is 25.0. The molecule has 0 atom stereocenters. The number of sulfonamides is 1. The predicted octanol–water partition coefficient (Wildman–Crippen LogP) is 1.34. The Kier molecular flexibility index (Phi) is 4.72. The number of hydrogen-bond acceptors (Lipinski definition) is 3. The maximum absolute atomic E-state index is 12.0. The first-order valence-electron chi connectivity index (χ1n) is 5.31. The number of benzene rings is 1. The van der Waals surface area contributed by atoms with Gasteiger partial charge in [0, 0.05) is 26.2 Å². The van der Waals surface area contributed by atoms with Crippen LogP contribution in [-0.2, 0) is 10.0 Å². The topological polar surface area (TPSA) is 66.5 Å². The average molecular weight is 291 g/mol. The summed E-state index contributed by atoms with van der Waals surface area (Å²) in [6.07, 6.45) is 0. The van der Waals surface area contributed by atoms with Crippen LogP contribution in [0.4, 0.5) is 0 Å². The van der Waals surface area contributed by atoms with Crippen LogP contribution in [0.25, 0.3) is 0 Å². The summed E-state index contributed by atoms with van der Waals surface area (Å²) in [5.74, 6) is -0.329. The fraction of sp³-hybridized carbons (Fsp3) is 0.364. The third-order valence-electron chi connectivity index (χ3n) is 2.29. The summed E-state index contributed by atoms with van der Waals surface area (Å²) in [5.41, 5.74) is 0.265. The van der Waals surface area contributed by atoms with Gasteiger partial charge in [-0.05, 0) is 25.1 Å². The van der Waals surface area contributed by atoms with Crippen LogP contribution in [0.3, 0.4) is 0 Å². The molecule has 5 nitrogen and oxygen atoms in total. The van der Waals surface area contributed by atoms with Gasteiger partial charge in [0.25, 0.3) is 5.91 Å². The second kappa shape index (κ2) is 5.69. The molecule has 0 saturated heterocycles. The van der Waals surface area contributed by atoms with Crippen LogP contribution in [0.15, 0.2) is 23.1 Å². The van der Waals surface area contributed by atoms with E-state index in [9.17, 15) is 13.2 Å². The fourth-order valence-electron chi connectivity index (χ4n) is 1.30. The molecule has 0 fully saturated rings. The summed E-state index contributed by atoms with van der Waals surface area (Å²) in [4.78, 5) is 11.6. The van der Waals surface area contributed by atoms with Gasteiger partial charge in [-0.25, -0.2) is 12.7 Å². The molecule has 0 saturated carbocycles. The Balaban J connectivity index is 3.30. The fourth-order valence-corrected chi connectivity index (χ4v) is 2.70. The minimum Gasteiger partial charge on any atom is -0.352 e. The molecule has 18 heavy (non-hydrogen) atoms. The molecule has 0 unspecified atom stereocenters. The van der Waals surface area contributed by atoms with E-state index in [4.69, 9.17) is 11.6 Å². The first-order chi connectivity index (χ1) is 8.30. The van der Waals surface area contributed by atoms with Crippen molar-refractivity contribution in [3.63, 3.8) is 0 Å². The maximum atomic E-state index is 12.0. The van der Waals surface area contributed by atoms with Crippen molar-refractivity contribution in [1.82, 2.24) is 9.62 Å². The van der Waals surface area contributed by atoms with Crippen LogP contribution < -0.4 is 5.32 Å². The molecule has 0 radical (unpaired) electrons. The van der Waals surface area contributed by atoms with Crippen molar-refractivity contribution in [2.45, 2.75) is 11.8 Å². The zero-order valence-electron chi connectivity index (χ0n) is 10.4. The van der Waals surface area contributed by atoms with Gasteiger partial charge >= 0.3 is 0 Å². The standard InChI is InChI=1S/C11H15ClN2O3S/c1-4-13-11(15)8-5-6-9(12)10(7-8)18(16,17)14(2)3/h5-7H,4H2,1-3H3,(H,13,15). The van der Waals surface area contributed by atoms with Crippen LogP contribution in [0.1, 0.15) is 17.3 Å². The summed E-state index contributed by atoms with van der Waals surface area (Å²) in [7, 11) is -0.843. The highest BCUT2D eigenvalue weighted by Gasteiger charge is 2.22. The van der Waals surface area contributed by atoms with Crippen molar-refractivity contribution in [2.75, 3.05) is 20.6 Å². The molecule has 0 aliphatic rings. The van der Waals surface area contributed by atoms with Gasteiger partial charge in [0.05, 0.1) is 5.02 Å². The van der Waals surface area contributed by atoms with Gasteiger partial charge in [0.2, 0.25) is 10.0 Å². The van der Waals surface area contributed by atoms with Crippen LogP contribution in [0, 0.1) is 0 Å². The smallest absolute Gasteiger partial charge is 0.251 e. The summed E-state index contributed by atoms with van der Waals surface area (Å²) in [6, 6.07) is 4.17. The number of rotatable bonds is 4. The first-order valence-corrected chi connectivity index (χ1v) is 7.12. The highest BCUT2D eigenvalue weighted by molar-refractivity contribution is 7.89. The molecule has 100 valence electrons. The molecule has 1 rings (SSSR count). The zero-order valence-corrected chi connectivity index (χ0v) is 12.0. The van der Waals surface area contributed by atoms with E-state index >= 15 is 0 Å². The van der Waals surface area contributed by atoms with Crippen molar-refractivity contribution >= 4 is 27.5 Å². The first kappa shape index (κ1) is 14.9. The van der Waals surface area contributed by atoms with Crippen molar-refractivity contribution < 1.29 is 13.2 Å². The normalized spacial score (nSPS) is 11.6. The Morgan fingerprint density at radius 2 is 2.00 bits per heavy atom. The maximum Gasteiger partial charge on any atom is 0.251 e. The third-order valence-corrected chi connectivity index (χ3v) is 4.59. The number of amides is 1. The summed E-state index contributed by atoms with van der Waals surface area (Å²) in [6.45, 7) is 2.25. The van der Waals surface area contributed by atoms with Crippen LogP contribution in [-0.4, -0.2) is 39.3 Å². The quantitative estimate of drug-likeness (QED) is 0.910. The van der Waals surface area contributed by atoms with Gasteiger partial charge in [-0.3, -0.25) is 4.79 Å². The van der Waals surface area contributed by atoms with Gasteiger partial charge in [0.1, 0.15) is 4.90 Å². The monoisotopic (exact) mass is 290 g/mol. The lowest BCUT2D eigenvalue weighted by Gasteiger charge is -2.13. The van der Waals surface area contributed by atoms with Crippen molar-refractivity contribution in [3.05, 3.63) is 28.8 Å². The zero-order chi connectivity index (χ0) is 13.9. The number of carbonyl (C=O) groups is 1. The Bertz CT molecular complexity index is 555. The highest BCUT2D eigenvalue weighted by atomic mass is 35.5. The summed E-state index contributed by atoms with van der Waals surface area (Å²) >= 11 is 5.87. The number of halogens is 1. The number of nitrogens with zero attached hydrogens (tertiary/aromatic N) is 1.